The second-order valence-corrected chi connectivity index (χ2v) is 7.38. The van der Waals surface area contributed by atoms with Gasteiger partial charge in [-0.05, 0) is 44.4 Å². The van der Waals surface area contributed by atoms with Gasteiger partial charge in [-0.1, -0.05) is 23.7 Å². The summed E-state index contributed by atoms with van der Waals surface area (Å²) in [6.07, 6.45) is 3.00. The Labute approximate surface area is 176 Å². The normalized spacial score (nSPS) is 11.1. The van der Waals surface area contributed by atoms with Crippen molar-refractivity contribution in [2.75, 3.05) is 20.1 Å². The number of benzene rings is 1. The van der Waals surface area contributed by atoms with Gasteiger partial charge in [0.2, 0.25) is 0 Å². The lowest BCUT2D eigenvalue weighted by Crippen LogP contribution is -2.38. The quantitative estimate of drug-likeness (QED) is 0.261. The molecule has 1 heterocycles. The Morgan fingerprint density at radius 2 is 1.80 bits per heavy atom. The molecule has 0 atom stereocenters. The van der Waals surface area contributed by atoms with E-state index in [0.717, 1.165) is 49.0 Å². The van der Waals surface area contributed by atoms with Crippen LogP contribution in [0, 0.1) is 13.8 Å². The van der Waals surface area contributed by atoms with Crippen molar-refractivity contribution in [3.8, 4) is 0 Å². The topological polar surface area (TPSA) is 49.3 Å². The first-order valence-electron chi connectivity index (χ1n) is 8.20. The number of hydrogen-bond donors (Lipinski definition) is 2. The maximum absolute atomic E-state index is 5.90. The monoisotopic (exact) mass is 492 g/mol. The molecule has 0 aliphatic rings. The van der Waals surface area contributed by atoms with Gasteiger partial charge in [0.15, 0.2) is 5.96 Å². The molecule has 138 valence electrons. The summed E-state index contributed by atoms with van der Waals surface area (Å²) in [5, 5.41) is 8.65. The Bertz CT molecular complexity index is 651. The molecule has 0 radical (unpaired) electrons. The number of aryl methyl sites for hydroxylation is 3. The van der Waals surface area contributed by atoms with Gasteiger partial charge in [-0.15, -0.1) is 35.3 Å². The SMILES string of the molecule is CN=C(NCCCc1ccc(Cl)cc1)NCCc1nc(C)c(C)s1.I. The first-order chi connectivity index (χ1) is 11.6. The van der Waals surface area contributed by atoms with Crippen LogP contribution in [0.5, 0.6) is 0 Å². The van der Waals surface area contributed by atoms with Crippen LogP contribution in [0.25, 0.3) is 0 Å². The van der Waals surface area contributed by atoms with Gasteiger partial charge in [-0.25, -0.2) is 4.98 Å². The number of aromatic nitrogens is 1. The van der Waals surface area contributed by atoms with Gasteiger partial charge >= 0.3 is 0 Å². The van der Waals surface area contributed by atoms with Crippen LogP contribution in [0.4, 0.5) is 0 Å². The van der Waals surface area contributed by atoms with Gasteiger partial charge in [0, 0.05) is 36.5 Å². The van der Waals surface area contributed by atoms with Gasteiger partial charge in [0.1, 0.15) is 0 Å². The molecule has 25 heavy (non-hydrogen) atoms. The molecule has 1 aromatic carbocycles. The summed E-state index contributed by atoms with van der Waals surface area (Å²) >= 11 is 7.67. The van der Waals surface area contributed by atoms with Crippen LogP contribution < -0.4 is 10.6 Å². The van der Waals surface area contributed by atoms with Crippen molar-refractivity contribution >= 4 is 52.9 Å². The van der Waals surface area contributed by atoms with Gasteiger partial charge in [-0.2, -0.15) is 0 Å². The maximum atomic E-state index is 5.90. The highest BCUT2D eigenvalue weighted by Gasteiger charge is 2.04. The fourth-order valence-electron chi connectivity index (χ4n) is 2.30. The van der Waals surface area contributed by atoms with Crippen molar-refractivity contribution in [3.05, 3.63) is 50.4 Å². The van der Waals surface area contributed by atoms with Crippen molar-refractivity contribution < 1.29 is 0 Å². The van der Waals surface area contributed by atoms with E-state index in [1.165, 1.54) is 15.4 Å². The second kappa shape index (κ2) is 11.7. The van der Waals surface area contributed by atoms with Crippen molar-refractivity contribution in [1.29, 1.82) is 0 Å². The minimum atomic E-state index is 0. The van der Waals surface area contributed by atoms with E-state index < -0.39 is 0 Å². The third-order valence-corrected chi connectivity index (χ3v) is 5.16. The second-order valence-electron chi connectivity index (χ2n) is 5.65. The summed E-state index contributed by atoms with van der Waals surface area (Å²) in [4.78, 5) is 10.1. The molecule has 4 nitrogen and oxygen atoms in total. The largest absolute Gasteiger partial charge is 0.356 e. The lowest BCUT2D eigenvalue weighted by atomic mass is 10.1. The number of thiazole rings is 1. The molecular formula is C18H26ClIN4S. The lowest BCUT2D eigenvalue weighted by molar-refractivity contribution is 0.738. The van der Waals surface area contributed by atoms with E-state index in [1.807, 2.05) is 12.1 Å². The molecule has 0 fully saturated rings. The number of rotatable bonds is 7. The molecule has 0 amide bonds. The summed E-state index contributed by atoms with van der Waals surface area (Å²) in [5.74, 6) is 0.844. The van der Waals surface area contributed by atoms with Crippen LogP contribution in [0.2, 0.25) is 5.02 Å². The van der Waals surface area contributed by atoms with E-state index in [1.54, 1.807) is 18.4 Å². The molecule has 0 saturated heterocycles. The van der Waals surface area contributed by atoms with Gasteiger partial charge in [0.25, 0.3) is 0 Å². The highest BCUT2D eigenvalue weighted by atomic mass is 127. The van der Waals surface area contributed by atoms with Crippen LogP contribution in [0.1, 0.15) is 27.6 Å². The molecule has 1 aromatic heterocycles. The van der Waals surface area contributed by atoms with Crippen LogP contribution in [0.3, 0.4) is 0 Å². The standard InChI is InChI=1S/C18H25ClN4S.HI/c1-13-14(2)24-17(23-13)10-12-22-18(20-3)21-11-4-5-15-6-8-16(19)9-7-15;/h6-9H,4-5,10-12H2,1-3H3,(H2,20,21,22);1H. The summed E-state index contributed by atoms with van der Waals surface area (Å²) in [5.41, 5.74) is 2.44. The lowest BCUT2D eigenvalue weighted by Gasteiger charge is -2.11. The Hall–Kier alpha value is -0.860. The molecule has 0 aliphatic heterocycles. The first kappa shape index (κ1) is 22.2. The summed E-state index contributed by atoms with van der Waals surface area (Å²) in [6, 6.07) is 8.03. The fraction of sp³-hybridized carbons (Fsp3) is 0.444. The van der Waals surface area contributed by atoms with Crippen molar-refractivity contribution in [3.63, 3.8) is 0 Å². The van der Waals surface area contributed by atoms with E-state index in [2.05, 4.69) is 46.6 Å². The fourth-order valence-corrected chi connectivity index (χ4v) is 3.36. The molecule has 2 N–H and O–H groups in total. The number of halogens is 2. The highest BCUT2D eigenvalue weighted by Crippen LogP contribution is 2.16. The molecule has 7 heteroatoms. The first-order valence-corrected chi connectivity index (χ1v) is 9.40. The minimum Gasteiger partial charge on any atom is -0.356 e. The van der Waals surface area contributed by atoms with Gasteiger partial charge < -0.3 is 10.6 Å². The average Bonchev–Trinajstić information content (AvgIpc) is 2.89. The molecule has 2 aromatic rings. The zero-order valence-electron chi connectivity index (χ0n) is 14.9. The molecule has 0 aliphatic carbocycles. The Kier molecular flexibility index (Phi) is 10.4. The Morgan fingerprint density at radius 3 is 2.40 bits per heavy atom. The maximum Gasteiger partial charge on any atom is 0.190 e. The number of aliphatic imine (C=N–C) groups is 1. The molecule has 2 rings (SSSR count). The summed E-state index contributed by atoms with van der Waals surface area (Å²) < 4.78 is 0. The predicted octanol–water partition coefficient (Wildman–Crippen LogP) is 4.37. The summed E-state index contributed by atoms with van der Waals surface area (Å²) in [7, 11) is 1.80. The zero-order chi connectivity index (χ0) is 17.4. The van der Waals surface area contributed by atoms with Crippen LogP contribution >= 0.6 is 46.9 Å². The number of nitrogens with one attached hydrogen (secondary N) is 2. The molecule has 0 saturated carbocycles. The van der Waals surface area contributed by atoms with Crippen molar-refractivity contribution in [1.82, 2.24) is 15.6 Å². The minimum absolute atomic E-state index is 0. The van der Waals surface area contributed by atoms with E-state index >= 15 is 0 Å². The molecule has 0 bridgehead atoms. The number of guanidine groups is 1. The van der Waals surface area contributed by atoms with Gasteiger partial charge in [0.05, 0.1) is 10.7 Å². The number of nitrogens with zero attached hydrogens (tertiary/aromatic N) is 2. The Balaban J connectivity index is 0.00000312. The van der Waals surface area contributed by atoms with E-state index in [9.17, 15) is 0 Å². The highest BCUT2D eigenvalue weighted by molar-refractivity contribution is 14.0. The van der Waals surface area contributed by atoms with E-state index in [-0.39, 0.29) is 24.0 Å². The molecule has 0 spiro atoms. The smallest absolute Gasteiger partial charge is 0.190 e. The van der Waals surface area contributed by atoms with Crippen LogP contribution in [-0.4, -0.2) is 31.1 Å². The number of hydrogen-bond acceptors (Lipinski definition) is 3. The third-order valence-electron chi connectivity index (χ3n) is 3.78. The molecule has 0 unspecified atom stereocenters. The van der Waals surface area contributed by atoms with Crippen LogP contribution in [-0.2, 0) is 12.8 Å². The molecular weight excluding hydrogens is 467 g/mol. The van der Waals surface area contributed by atoms with Crippen LogP contribution in [0.15, 0.2) is 29.3 Å². The zero-order valence-corrected chi connectivity index (χ0v) is 18.8. The van der Waals surface area contributed by atoms with E-state index in [4.69, 9.17) is 11.6 Å². The average molecular weight is 493 g/mol. The van der Waals surface area contributed by atoms with Crippen molar-refractivity contribution in [2.45, 2.75) is 33.1 Å². The van der Waals surface area contributed by atoms with Gasteiger partial charge in [-0.3, -0.25) is 4.99 Å². The van der Waals surface area contributed by atoms with E-state index in [0.29, 0.717) is 0 Å². The van der Waals surface area contributed by atoms with Crippen molar-refractivity contribution in [2.24, 2.45) is 4.99 Å². The third kappa shape index (κ3) is 7.92. The predicted molar refractivity (Wildman–Crippen MR) is 120 cm³/mol. The summed E-state index contributed by atoms with van der Waals surface area (Å²) in [6.45, 7) is 5.90. The Morgan fingerprint density at radius 1 is 1.12 bits per heavy atom.